The zero-order valence-corrected chi connectivity index (χ0v) is 19.9. The van der Waals surface area contributed by atoms with Crippen LogP contribution in [-0.2, 0) is 0 Å². The smallest absolute Gasteiger partial charge is 0.294 e. The van der Waals surface area contributed by atoms with E-state index in [4.69, 9.17) is 9.26 Å². The van der Waals surface area contributed by atoms with Crippen LogP contribution in [0.3, 0.4) is 0 Å². The third-order valence-electron chi connectivity index (χ3n) is 6.70. The molecule has 4 aromatic rings. The second-order valence-corrected chi connectivity index (χ2v) is 9.06. The lowest BCUT2D eigenvalue weighted by Crippen LogP contribution is -2.31. The molecule has 1 saturated heterocycles. The minimum atomic E-state index is -0.304. The highest BCUT2D eigenvalue weighted by Gasteiger charge is 2.25. The minimum Gasteiger partial charge on any atom is -0.493 e. The summed E-state index contributed by atoms with van der Waals surface area (Å²) in [5.41, 5.74) is 3.91. The zero-order valence-electron chi connectivity index (χ0n) is 19.9. The molecule has 2 N–H and O–H groups in total. The minimum absolute atomic E-state index is 0.193. The maximum atomic E-state index is 12.4. The van der Waals surface area contributed by atoms with Crippen molar-refractivity contribution in [1.82, 2.24) is 15.5 Å². The third-order valence-corrected chi connectivity index (χ3v) is 6.70. The Balaban J connectivity index is 1.32. The number of fused-ring (bicyclic) bond motifs is 1. The number of piperidine rings is 1. The number of hydrogen-bond acceptors (Lipinski definition) is 6. The van der Waals surface area contributed by atoms with Crippen LogP contribution in [0.25, 0.3) is 10.9 Å². The Morgan fingerprint density at radius 2 is 2.00 bits per heavy atom. The van der Waals surface area contributed by atoms with Gasteiger partial charge in [0.25, 0.3) is 5.91 Å². The molecular formula is C28H30N4O3. The van der Waals surface area contributed by atoms with Crippen LogP contribution in [0.2, 0.25) is 0 Å². The van der Waals surface area contributed by atoms with Crippen LogP contribution in [-0.4, -0.2) is 35.7 Å². The van der Waals surface area contributed by atoms with Gasteiger partial charge in [0.15, 0.2) is 0 Å². The van der Waals surface area contributed by atoms with Crippen molar-refractivity contribution in [3.63, 3.8) is 0 Å². The van der Waals surface area contributed by atoms with Gasteiger partial charge in [0.1, 0.15) is 5.75 Å². The van der Waals surface area contributed by atoms with Crippen molar-refractivity contribution < 1.29 is 14.1 Å². The number of hydrogen-bond donors (Lipinski definition) is 2. The highest BCUT2D eigenvalue weighted by atomic mass is 16.5. The lowest BCUT2D eigenvalue weighted by atomic mass is 9.78. The summed E-state index contributed by atoms with van der Waals surface area (Å²) in [6.07, 6.45) is 4.60. The van der Waals surface area contributed by atoms with E-state index >= 15 is 0 Å². The number of aryl methyl sites for hydroxylation is 1. The molecule has 2 aromatic carbocycles. The second-order valence-electron chi connectivity index (χ2n) is 9.06. The van der Waals surface area contributed by atoms with Crippen LogP contribution in [0.5, 0.6) is 5.75 Å². The fraction of sp³-hybridized carbons (Fsp3) is 0.321. The van der Waals surface area contributed by atoms with Crippen molar-refractivity contribution in [3.05, 3.63) is 83.9 Å². The molecule has 1 amide bonds. The molecule has 0 radical (unpaired) electrons. The summed E-state index contributed by atoms with van der Waals surface area (Å²) in [5, 5.41) is 11.0. The maximum Gasteiger partial charge on any atom is 0.294 e. The van der Waals surface area contributed by atoms with Crippen LogP contribution in [0.15, 0.2) is 71.4 Å². The van der Waals surface area contributed by atoms with E-state index in [1.54, 1.807) is 6.07 Å². The van der Waals surface area contributed by atoms with Crippen molar-refractivity contribution >= 4 is 22.5 Å². The number of ether oxygens (including phenoxy) is 1. The standard InChI is InChI=1S/C28H30N4O3/c1-19-8-9-24-25(31-19)6-3-7-26(24)34-17-13-23(20-10-14-29-15-11-20)21-4-2-5-22(18-21)32-28(33)27-12-16-30-35-27/h2-9,12,16,18,20,23,29H,10-11,13-15,17H2,1H3,(H,32,33). The molecule has 5 rings (SSSR count). The number of pyridine rings is 1. The van der Waals surface area contributed by atoms with Gasteiger partial charge in [0, 0.05) is 22.8 Å². The Bertz CT molecular complexity index is 1280. The van der Waals surface area contributed by atoms with E-state index in [0.717, 1.165) is 60.4 Å². The summed E-state index contributed by atoms with van der Waals surface area (Å²) in [4.78, 5) is 17.1. The molecule has 0 spiro atoms. The highest BCUT2D eigenvalue weighted by molar-refractivity contribution is 6.02. The Morgan fingerprint density at radius 3 is 2.83 bits per heavy atom. The molecule has 7 heteroatoms. The van der Waals surface area contributed by atoms with E-state index < -0.39 is 0 Å². The molecular weight excluding hydrogens is 440 g/mol. The van der Waals surface area contributed by atoms with Gasteiger partial charge in [-0.15, -0.1) is 0 Å². The summed E-state index contributed by atoms with van der Waals surface area (Å²) in [7, 11) is 0. The summed E-state index contributed by atoms with van der Waals surface area (Å²) in [6, 6.07) is 19.8. The average molecular weight is 471 g/mol. The van der Waals surface area contributed by atoms with Crippen molar-refractivity contribution in [1.29, 1.82) is 0 Å². The SMILES string of the molecule is Cc1ccc2c(OCCC(c3cccc(NC(=O)c4ccno4)c3)C3CCNCC3)cccc2n1. The van der Waals surface area contributed by atoms with E-state index in [2.05, 4.69) is 39.0 Å². The van der Waals surface area contributed by atoms with Crippen LogP contribution >= 0.6 is 0 Å². The van der Waals surface area contributed by atoms with Gasteiger partial charge < -0.3 is 19.9 Å². The number of nitrogens with zero attached hydrogens (tertiary/aromatic N) is 2. The number of anilines is 1. The summed E-state index contributed by atoms with van der Waals surface area (Å²) in [6.45, 7) is 4.66. The molecule has 35 heavy (non-hydrogen) atoms. The summed E-state index contributed by atoms with van der Waals surface area (Å²) in [5.74, 6) is 1.64. The Hall–Kier alpha value is -3.71. The van der Waals surface area contributed by atoms with Crippen LogP contribution in [0.1, 0.15) is 47.0 Å². The largest absolute Gasteiger partial charge is 0.493 e. The first-order valence-electron chi connectivity index (χ1n) is 12.2. The van der Waals surface area contributed by atoms with Gasteiger partial charge in [-0.3, -0.25) is 9.78 Å². The number of nitrogens with one attached hydrogen (secondary N) is 2. The molecule has 1 fully saturated rings. The first-order chi connectivity index (χ1) is 17.2. The van der Waals surface area contributed by atoms with Gasteiger partial charge in [0.2, 0.25) is 5.76 Å². The van der Waals surface area contributed by atoms with E-state index in [-0.39, 0.29) is 11.7 Å². The molecule has 1 aliphatic heterocycles. The first-order valence-corrected chi connectivity index (χ1v) is 12.2. The van der Waals surface area contributed by atoms with Gasteiger partial charge in [-0.2, -0.15) is 0 Å². The quantitative estimate of drug-likeness (QED) is 0.362. The summed E-state index contributed by atoms with van der Waals surface area (Å²) >= 11 is 0. The Morgan fingerprint density at radius 1 is 1.14 bits per heavy atom. The van der Waals surface area contributed by atoms with Crippen LogP contribution in [0, 0.1) is 12.8 Å². The Kier molecular flexibility index (Phi) is 7.04. The molecule has 1 aliphatic rings. The van der Waals surface area contributed by atoms with Gasteiger partial charge in [0.05, 0.1) is 18.3 Å². The van der Waals surface area contributed by atoms with Gasteiger partial charge in [-0.25, -0.2) is 0 Å². The second kappa shape index (κ2) is 10.7. The van der Waals surface area contributed by atoms with E-state index in [9.17, 15) is 4.79 Å². The molecule has 1 atom stereocenters. The number of carbonyl (C=O) groups excluding carboxylic acids is 1. The van der Waals surface area contributed by atoms with Gasteiger partial charge in [-0.1, -0.05) is 23.4 Å². The number of rotatable bonds is 8. The number of amides is 1. The molecule has 7 nitrogen and oxygen atoms in total. The number of aromatic nitrogens is 2. The van der Waals surface area contributed by atoms with Crippen molar-refractivity contribution in [3.8, 4) is 5.75 Å². The summed E-state index contributed by atoms with van der Waals surface area (Å²) < 4.78 is 11.3. The first kappa shape index (κ1) is 23.1. The van der Waals surface area contributed by atoms with Crippen LogP contribution < -0.4 is 15.4 Å². The lowest BCUT2D eigenvalue weighted by Gasteiger charge is -2.31. The molecule has 3 heterocycles. The molecule has 0 saturated carbocycles. The molecule has 2 aromatic heterocycles. The average Bonchev–Trinajstić information content (AvgIpc) is 3.43. The lowest BCUT2D eigenvalue weighted by molar-refractivity contribution is 0.0988. The van der Waals surface area contributed by atoms with Crippen molar-refractivity contribution in [2.45, 2.75) is 32.1 Å². The van der Waals surface area contributed by atoms with Crippen molar-refractivity contribution in [2.75, 3.05) is 25.0 Å². The van der Waals surface area contributed by atoms with Crippen LogP contribution in [0.4, 0.5) is 5.69 Å². The molecule has 180 valence electrons. The normalized spacial score (nSPS) is 15.1. The monoisotopic (exact) mass is 470 g/mol. The highest BCUT2D eigenvalue weighted by Crippen LogP contribution is 2.35. The number of carbonyl (C=O) groups is 1. The van der Waals surface area contributed by atoms with E-state index in [0.29, 0.717) is 18.4 Å². The predicted octanol–water partition coefficient (Wildman–Crippen LogP) is 5.34. The third kappa shape index (κ3) is 5.52. The fourth-order valence-electron chi connectivity index (χ4n) is 4.94. The molecule has 1 unspecified atom stereocenters. The zero-order chi connectivity index (χ0) is 24.0. The predicted molar refractivity (Wildman–Crippen MR) is 136 cm³/mol. The van der Waals surface area contributed by atoms with E-state index in [1.807, 2.05) is 43.3 Å². The van der Waals surface area contributed by atoms with Gasteiger partial charge >= 0.3 is 0 Å². The maximum absolute atomic E-state index is 12.4. The fourth-order valence-corrected chi connectivity index (χ4v) is 4.94. The Labute approximate surface area is 204 Å². The molecule has 0 bridgehead atoms. The molecule has 0 aliphatic carbocycles. The number of benzene rings is 2. The van der Waals surface area contributed by atoms with Gasteiger partial charge in [-0.05, 0) is 93.1 Å². The van der Waals surface area contributed by atoms with E-state index in [1.165, 1.54) is 11.8 Å². The topological polar surface area (TPSA) is 89.3 Å². The van der Waals surface area contributed by atoms with Crippen molar-refractivity contribution in [2.24, 2.45) is 5.92 Å².